The second-order valence-corrected chi connectivity index (χ2v) is 4.44. The minimum absolute atomic E-state index is 0.123. The molecule has 1 N–H and O–H groups in total. The summed E-state index contributed by atoms with van der Waals surface area (Å²) in [4.78, 5) is 10.5. The maximum Gasteiger partial charge on any atom is 0.307 e. The Bertz CT molecular complexity index is 349. The van der Waals surface area contributed by atoms with Crippen LogP contribution in [0.25, 0.3) is 0 Å². The number of benzene rings is 1. The summed E-state index contributed by atoms with van der Waals surface area (Å²) in [7, 11) is 0. The van der Waals surface area contributed by atoms with Crippen LogP contribution in [0.4, 0.5) is 0 Å². The third kappa shape index (κ3) is 2.58. The molecule has 2 nitrogen and oxygen atoms in total. The van der Waals surface area contributed by atoms with Gasteiger partial charge in [0.15, 0.2) is 0 Å². The zero-order chi connectivity index (χ0) is 10.8. The van der Waals surface area contributed by atoms with Crippen LogP contribution >= 0.6 is 0 Å². The van der Waals surface area contributed by atoms with E-state index in [2.05, 4.69) is 19.1 Å². The van der Waals surface area contributed by atoms with Crippen molar-refractivity contribution in [1.82, 2.24) is 0 Å². The maximum absolute atomic E-state index is 10.5. The third-order valence-corrected chi connectivity index (χ3v) is 3.19. The van der Waals surface area contributed by atoms with Gasteiger partial charge in [-0.25, -0.2) is 0 Å². The van der Waals surface area contributed by atoms with Gasteiger partial charge in [0.1, 0.15) is 0 Å². The van der Waals surface area contributed by atoms with Crippen molar-refractivity contribution in [2.45, 2.75) is 32.1 Å². The van der Waals surface area contributed by atoms with Gasteiger partial charge in [0.2, 0.25) is 0 Å². The van der Waals surface area contributed by atoms with Crippen LogP contribution in [-0.2, 0) is 11.2 Å². The first-order valence-electron chi connectivity index (χ1n) is 5.47. The lowest BCUT2D eigenvalue weighted by molar-refractivity contribution is -0.136. The molecule has 0 aromatic heterocycles. The highest BCUT2D eigenvalue weighted by Gasteiger charge is 2.28. The Kier molecular flexibility index (Phi) is 2.76. The van der Waals surface area contributed by atoms with Gasteiger partial charge in [-0.15, -0.1) is 0 Å². The molecule has 0 saturated heterocycles. The van der Waals surface area contributed by atoms with Gasteiger partial charge in [0, 0.05) is 0 Å². The number of carbonyl (C=O) groups is 1. The lowest BCUT2D eigenvalue weighted by Crippen LogP contribution is -2.01. The molecule has 2 heteroatoms. The van der Waals surface area contributed by atoms with Crippen molar-refractivity contribution in [3.63, 3.8) is 0 Å². The SMILES string of the molecule is CC(c1ccc(CC(=O)O)cc1)C1CC1. The van der Waals surface area contributed by atoms with E-state index >= 15 is 0 Å². The molecular formula is C13H16O2. The molecule has 0 bridgehead atoms. The standard InChI is InChI=1S/C13H16O2/c1-9(12-6-7-12)11-4-2-10(3-5-11)8-13(14)15/h2-5,9,12H,6-8H2,1H3,(H,14,15). The van der Waals surface area contributed by atoms with E-state index in [-0.39, 0.29) is 6.42 Å². The summed E-state index contributed by atoms with van der Waals surface area (Å²) < 4.78 is 0. The van der Waals surface area contributed by atoms with Crippen LogP contribution in [0.3, 0.4) is 0 Å². The molecule has 0 aliphatic heterocycles. The molecule has 15 heavy (non-hydrogen) atoms. The minimum Gasteiger partial charge on any atom is -0.481 e. The van der Waals surface area contributed by atoms with Crippen molar-refractivity contribution in [2.75, 3.05) is 0 Å². The summed E-state index contributed by atoms with van der Waals surface area (Å²) in [5.74, 6) is 0.720. The molecule has 0 spiro atoms. The van der Waals surface area contributed by atoms with Gasteiger partial charge in [-0.1, -0.05) is 31.2 Å². The topological polar surface area (TPSA) is 37.3 Å². The van der Waals surface area contributed by atoms with Crippen LogP contribution < -0.4 is 0 Å². The highest BCUT2D eigenvalue weighted by Crippen LogP contribution is 2.42. The van der Waals surface area contributed by atoms with Crippen molar-refractivity contribution >= 4 is 5.97 Å². The molecule has 2 rings (SSSR count). The van der Waals surface area contributed by atoms with Crippen LogP contribution in [0.5, 0.6) is 0 Å². The normalized spacial score (nSPS) is 17.4. The van der Waals surface area contributed by atoms with Crippen LogP contribution in [0.1, 0.15) is 36.8 Å². The average molecular weight is 204 g/mol. The van der Waals surface area contributed by atoms with E-state index in [1.807, 2.05) is 12.1 Å². The van der Waals surface area contributed by atoms with Gasteiger partial charge < -0.3 is 5.11 Å². The van der Waals surface area contributed by atoms with Crippen LogP contribution in [0, 0.1) is 5.92 Å². The second-order valence-electron chi connectivity index (χ2n) is 4.44. The molecule has 0 radical (unpaired) electrons. The minimum atomic E-state index is -0.766. The largest absolute Gasteiger partial charge is 0.481 e. The van der Waals surface area contributed by atoms with Crippen molar-refractivity contribution < 1.29 is 9.90 Å². The lowest BCUT2D eigenvalue weighted by Gasteiger charge is -2.10. The van der Waals surface area contributed by atoms with Crippen molar-refractivity contribution in [3.05, 3.63) is 35.4 Å². The van der Waals surface area contributed by atoms with E-state index < -0.39 is 5.97 Å². The Morgan fingerprint density at radius 3 is 2.47 bits per heavy atom. The van der Waals surface area contributed by atoms with Gasteiger partial charge in [0.25, 0.3) is 0 Å². The van der Waals surface area contributed by atoms with E-state index in [0.29, 0.717) is 5.92 Å². The first kappa shape index (κ1) is 10.2. The van der Waals surface area contributed by atoms with Gasteiger partial charge in [-0.05, 0) is 35.8 Å². The Morgan fingerprint density at radius 1 is 1.40 bits per heavy atom. The summed E-state index contributed by atoms with van der Waals surface area (Å²) in [5, 5.41) is 8.64. The summed E-state index contributed by atoms with van der Waals surface area (Å²) in [5.41, 5.74) is 2.22. The Hall–Kier alpha value is -1.31. The zero-order valence-corrected chi connectivity index (χ0v) is 8.94. The molecule has 0 heterocycles. The highest BCUT2D eigenvalue weighted by molar-refractivity contribution is 5.70. The predicted octanol–water partition coefficient (Wildman–Crippen LogP) is 2.83. The molecule has 1 unspecified atom stereocenters. The summed E-state index contributed by atoms with van der Waals surface area (Å²) in [6.45, 7) is 2.25. The molecule has 1 fully saturated rings. The maximum atomic E-state index is 10.5. The molecule has 1 aliphatic carbocycles. The van der Waals surface area contributed by atoms with Gasteiger partial charge in [-0.3, -0.25) is 4.79 Å². The number of aliphatic carboxylic acids is 1. The molecule has 1 aromatic rings. The predicted molar refractivity (Wildman–Crippen MR) is 58.9 cm³/mol. The zero-order valence-electron chi connectivity index (χ0n) is 8.94. The number of hydrogen-bond donors (Lipinski definition) is 1. The lowest BCUT2D eigenvalue weighted by atomic mass is 9.95. The molecule has 0 amide bonds. The van der Waals surface area contributed by atoms with E-state index in [1.165, 1.54) is 18.4 Å². The summed E-state index contributed by atoms with van der Waals surface area (Å²) in [6.07, 6.45) is 2.81. The average Bonchev–Trinajstić information content (AvgIpc) is 3.00. The number of carboxylic acids is 1. The highest BCUT2D eigenvalue weighted by atomic mass is 16.4. The third-order valence-electron chi connectivity index (χ3n) is 3.19. The molecule has 1 saturated carbocycles. The number of carboxylic acid groups (broad SMARTS) is 1. The van der Waals surface area contributed by atoms with Gasteiger partial charge in [0.05, 0.1) is 6.42 Å². The van der Waals surface area contributed by atoms with Crippen LogP contribution in [-0.4, -0.2) is 11.1 Å². The van der Waals surface area contributed by atoms with Gasteiger partial charge >= 0.3 is 5.97 Å². The second kappa shape index (κ2) is 4.05. The molecule has 80 valence electrons. The first-order valence-corrected chi connectivity index (χ1v) is 5.47. The fraction of sp³-hybridized carbons (Fsp3) is 0.462. The molecule has 1 atom stereocenters. The first-order chi connectivity index (χ1) is 7.16. The fourth-order valence-electron chi connectivity index (χ4n) is 1.98. The van der Waals surface area contributed by atoms with E-state index in [4.69, 9.17) is 5.11 Å². The van der Waals surface area contributed by atoms with Crippen molar-refractivity contribution in [1.29, 1.82) is 0 Å². The Balaban J connectivity index is 2.05. The quantitative estimate of drug-likeness (QED) is 0.818. The van der Waals surface area contributed by atoms with Crippen molar-refractivity contribution in [3.8, 4) is 0 Å². The van der Waals surface area contributed by atoms with Crippen LogP contribution in [0.15, 0.2) is 24.3 Å². The van der Waals surface area contributed by atoms with E-state index in [1.54, 1.807) is 0 Å². The number of hydrogen-bond acceptors (Lipinski definition) is 1. The monoisotopic (exact) mass is 204 g/mol. The molecule has 1 aliphatic rings. The summed E-state index contributed by atoms with van der Waals surface area (Å²) in [6, 6.07) is 8.01. The van der Waals surface area contributed by atoms with Crippen molar-refractivity contribution in [2.24, 2.45) is 5.92 Å². The number of rotatable bonds is 4. The Morgan fingerprint density at radius 2 is 2.00 bits per heavy atom. The molecule has 1 aromatic carbocycles. The van der Waals surface area contributed by atoms with E-state index in [0.717, 1.165) is 11.5 Å². The molecular weight excluding hydrogens is 188 g/mol. The van der Waals surface area contributed by atoms with Gasteiger partial charge in [-0.2, -0.15) is 0 Å². The fourth-order valence-corrected chi connectivity index (χ4v) is 1.98. The Labute approximate surface area is 89.9 Å². The smallest absolute Gasteiger partial charge is 0.307 e. The van der Waals surface area contributed by atoms with E-state index in [9.17, 15) is 4.79 Å². The van der Waals surface area contributed by atoms with Crippen LogP contribution in [0.2, 0.25) is 0 Å². The summed E-state index contributed by atoms with van der Waals surface area (Å²) >= 11 is 0.